The van der Waals surface area contributed by atoms with Crippen molar-refractivity contribution < 1.29 is 20.1 Å². The molecule has 0 amide bonds. The van der Waals surface area contributed by atoms with Crippen molar-refractivity contribution in [1.29, 1.82) is 0 Å². The van der Waals surface area contributed by atoms with Crippen molar-refractivity contribution >= 4 is 15.9 Å². The van der Waals surface area contributed by atoms with Gasteiger partial charge in [-0.05, 0) is 0 Å². The molecule has 1 heterocycles. The lowest BCUT2D eigenvalue weighted by Gasteiger charge is -2.19. The lowest BCUT2D eigenvalue weighted by atomic mass is 10.1. The molecule has 3 N–H and O–H groups in total. The van der Waals surface area contributed by atoms with E-state index < -0.39 is 24.4 Å². The van der Waals surface area contributed by atoms with Crippen LogP contribution in [0.3, 0.4) is 0 Å². The molecule has 1 aliphatic rings. The number of aliphatic hydroxyl groups is 3. The number of hydrogen-bond acceptors (Lipinski definition) is 4. The Bertz CT molecular complexity index is 184. The summed E-state index contributed by atoms with van der Waals surface area (Å²) in [4.78, 5) is 0. The third-order valence-corrected chi connectivity index (χ3v) is 2.29. The van der Waals surface area contributed by atoms with Gasteiger partial charge in [-0.3, -0.25) is 0 Å². The second-order valence-electron chi connectivity index (χ2n) is 2.75. The van der Waals surface area contributed by atoms with Crippen LogP contribution in [0.25, 0.3) is 0 Å². The van der Waals surface area contributed by atoms with E-state index in [1.807, 2.05) is 0 Å². The van der Waals surface area contributed by atoms with Gasteiger partial charge in [-0.25, -0.2) is 0 Å². The summed E-state index contributed by atoms with van der Waals surface area (Å²) in [6.45, 7) is 3.50. The molecule has 12 heavy (non-hydrogen) atoms. The van der Waals surface area contributed by atoms with Gasteiger partial charge in [0.25, 0.3) is 0 Å². The van der Waals surface area contributed by atoms with Crippen molar-refractivity contribution in [2.24, 2.45) is 0 Å². The van der Waals surface area contributed by atoms with E-state index in [9.17, 15) is 10.2 Å². The Morgan fingerprint density at radius 1 is 1.58 bits per heavy atom. The van der Waals surface area contributed by atoms with Gasteiger partial charge in [0, 0.05) is 4.48 Å². The minimum absolute atomic E-state index is 0.0448. The van der Waals surface area contributed by atoms with Crippen LogP contribution >= 0.6 is 15.9 Å². The van der Waals surface area contributed by atoms with E-state index >= 15 is 0 Å². The molecule has 0 aromatic heterocycles. The van der Waals surface area contributed by atoms with Gasteiger partial charge in [-0.2, -0.15) is 0 Å². The molecular weight excluding hydrogens is 228 g/mol. The van der Waals surface area contributed by atoms with Crippen molar-refractivity contribution in [3.05, 3.63) is 11.1 Å². The van der Waals surface area contributed by atoms with Crippen LogP contribution < -0.4 is 0 Å². The van der Waals surface area contributed by atoms with Gasteiger partial charge < -0.3 is 20.1 Å². The second kappa shape index (κ2) is 3.85. The predicted octanol–water partition coefficient (Wildman–Crippen LogP) is -0.624. The zero-order chi connectivity index (χ0) is 9.30. The van der Waals surface area contributed by atoms with Crippen LogP contribution in [0.4, 0.5) is 0 Å². The molecule has 0 spiro atoms. The largest absolute Gasteiger partial charge is 0.388 e. The van der Waals surface area contributed by atoms with Crippen molar-refractivity contribution in [2.45, 2.75) is 24.4 Å². The zero-order valence-corrected chi connectivity index (χ0v) is 7.94. The van der Waals surface area contributed by atoms with Crippen molar-refractivity contribution in [1.82, 2.24) is 0 Å². The fourth-order valence-corrected chi connectivity index (χ4v) is 1.34. The minimum Gasteiger partial charge on any atom is -0.388 e. The molecule has 0 aliphatic carbocycles. The van der Waals surface area contributed by atoms with E-state index in [1.54, 1.807) is 0 Å². The Balaban J connectivity index is 2.59. The molecular formula is C7H11BrO4. The molecule has 0 bridgehead atoms. The molecule has 1 rings (SSSR count). The smallest absolute Gasteiger partial charge is 0.117 e. The van der Waals surface area contributed by atoms with Gasteiger partial charge in [0.05, 0.1) is 6.61 Å². The maximum absolute atomic E-state index is 9.37. The fraction of sp³-hybridized carbons (Fsp3) is 0.714. The molecule has 0 radical (unpaired) electrons. The van der Waals surface area contributed by atoms with Crippen LogP contribution in [0.1, 0.15) is 0 Å². The summed E-state index contributed by atoms with van der Waals surface area (Å²) < 4.78 is 5.29. The molecule has 4 atom stereocenters. The van der Waals surface area contributed by atoms with Crippen LogP contribution in [-0.2, 0) is 4.74 Å². The summed E-state index contributed by atoms with van der Waals surface area (Å²) in [5, 5.41) is 27.7. The van der Waals surface area contributed by atoms with Gasteiger partial charge in [-0.15, -0.1) is 0 Å². The SMILES string of the molecule is C=C(Br)C(O)[C@H]1OC[C@@H](O)[C@@H]1O. The first kappa shape index (κ1) is 10.1. The average molecular weight is 239 g/mol. The number of aliphatic hydroxyl groups excluding tert-OH is 3. The Labute approximate surface area is 78.6 Å². The fourth-order valence-electron chi connectivity index (χ4n) is 1.08. The molecule has 5 heteroatoms. The Morgan fingerprint density at radius 3 is 2.50 bits per heavy atom. The van der Waals surface area contributed by atoms with Gasteiger partial charge >= 0.3 is 0 Å². The van der Waals surface area contributed by atoms with E-state index in [0.29, 0.717) is 4.48 Å². The van der Waals surface area contributed by atoms with Crippen LogP contribution in [0.15, 0.2) is 11.1 Å². The third-order valence-electron chi connectivity index (χ3n) is 1.82. The number of rotatable bonds is 2. The summed E-state index contributed by atoms with van der Waals surface area (Å²) in [6, 6.07) is 0. The Morgan fingerprint density at radius 2 is 2.17 bits per heavy atom. The summed E-state index contributed by atoms with van der Waals surface area (Å²) in [6.07, 6.45) is -3.74. The second-order valence-corrected chi connectivity index (χ2v) is 3.77. The maximum Gasteiger partial charge on any atom is 0.117 e. The molecule has 0 aromatic rings. The van der Waals surface area contributed by atoms with Gasteiger partial charge in [0.1, 0.15) is 24.4 Å². The first-order chi connectivity index (χ1) is 5.54. The molecule has 1 aliphatic heterocycles. The number of ether oxygens (including phenoxy) is 1. The summed E-state index contributed by atoms with van der Waals surface area (Å²) in [7, 11) is 0. The molecule has 1 saturated heterocycles. The minimum atomic E-state index is -1.05. The summed E-state index contributed by atoms with van der Waals surface area (Å²) in [5.41, 5.74) is 0. The molecule has 1 fully saturated rings. The van der Waals surface area contributed by atoms with Gasteiger partial charge in [-0.1, -0.05) is 22.5 Å². The quantitative estimate of drug-likeness (QED) is 0.600. The molecule has 0 aromatic carbocycles. The van der Waals surface area contributed by atoms with Crippen LogP contribution in [-0.4, -0.2) is 46.3 Å². The molecule has 0 saturated carbocycles. The first-order valence-corrected chi connectivity index (χ1v) is 4.33. The lowest BCUT2D eigenvalue weighted by molar-refractivity contribution is -0.0332. The van der Waals surface area contributed by atoms with Crippen LogP contribution in [0.5, 0.6) is 0 Å². The van der Waals surface area contributed by atoms with Crippen molar-refractivity contribution in [3.8, 4) is 0 Å². The monoisotopic (exact) mass is 238 g/mol. The highest BCUT2D eigenvalue weighted by molar-refractivity contribution is 9.11. The van der Waals surface area contributed by atoms with E-state index in [-0.39, 0.29) is 6.61 Å². The highest BCUT2D eigenvalue weighted by Crippen LogP contribution is 2.23. The highest BCUT2D eigenvalue weighted by atomic mass is 79.9. The molecule has 70 valence electrons. The first-order valence-electron chi connectivity index (χ1n) is 3.54. The number of hydrogen-bond donors (Lipinski definition) is 3. The van der Waals surface area contributed by atoms with E-state index in [2.05, 4.69) is 22.5 Å². The van der Waals surface area contributed by atoms with E-state index in [4.69, 9.17) is 9.84 Å². The average Bonchev–Trinajstić information content (AvgIpc) is 2.32. The predicted molar refractivity (Wildman–Crippen MR) is 45.8 cm³/mol. The molecule has 4 nitrogen and oxygen atoms in total. The highest BCUT2D eigenvalue weighted by Gasteiger charge is 2.39. The van der Waals surface area contributed by atoms with E-state index in [1.165, 1.54) is 0 Å². The third kappa shape index (κ3) is 1.86. The van der Waals surface area contributed by atoms with Gasteiger partial charge in [0.2, 0.25) is 0 Å². The standard InChI is InChI=1S/C7H11BrO4/c1-3(8)5(10)7-6(11)4(9)2-12-7/h4-7,9-11H,1-2H2/t4-,5?,6+,7-/m1/s1. The number of halogens is 1. The summed E-state index contributed by atoms with van der Waals surface area (Å²) >= 11 is 2.98. The normalized spacial score (nSPS) is 38.2. The maximum atomic E-state index is 9.37. The topological polar surface area (TPSA) is 69.9 Å². The lowest BCUT2D eigenvalue weighted by Crippen LogP contribution is -2.38. The van der Waals surface area contributed by atoms with Crippen molar-refractivity contribution in [2.75, 3.05) is 6.61 Å². The Hall–Kier alpha value is 0.0600. The van der Waals surface area contributed by atoms with E-state index in [0.717, 1.165) is 0 Å². The zero-order valence-electron chi connectivity index (χ0n) is 6.35. The molecule has 1 unspecified atom stereocenters. The summed E-state index contributed by atoms with van der Waals surface area (Å²) in [5.74, 6) is 0. The Kier molecular flexibility index (Phi) is 3.25. The van der Waals surface area contributed by atoms with Crippen LogP contribution in [0, 0.1) is 0 Å². The van der Waals surface area contributed by atoms with Crippen molar-refractivity contribution in [3.63, 3.8) is 0 Å². The van der Waals surface area contributed by atoms with Gasteiger partial charge in [0.15, 0.2) is 0 Å². The van der Waals surface area contributed by atoms with Crippen LogP contribution in [0.2, 0.25) is 0 Å².